The second-order valence-electron chi connectivity index (χ2n) is 6.29. The first kappa shape index (κ1) is 15.9. The first-order chi connectivity index (χ1) is 11.0. The van der Waals surface area contributed by atoms with Crippen LogP contribution in [0.5, 0.6) is 0 Å². The highest BCUT2D eigenvalue weighted by molar-refractivity contribution is 7.09. The number of piperidine rings is 1. The highest BCUT2D eigenvalue weighted by Crippen LogP contribution is 2.23. The molecule has 0 spiro atoms. The van der Waals surface area contributed by atoms with E-state index < -0.39 is 0 Å². The highest BCUT2D eigenvalue weighted by Gasteiger charge is 2.31. The Balaban J connectivity index is 1.68. The number of aryl methyl sites for hydroxylation is 1. The number of nitrogens with one attached hydrogen (secondary N) is 1. The van der Waals surface area contributed by atoms with Crippen molar-refractivity contribution in [2.45, 2.75) is 39.2 Å². The summed E-state index contributed by atoms with van der Waals surface area (Å²) in [5.74, 6) is 2.13. The molecule has 1 N–H and O–H groups in total. The summed E-state index contributed by atoms with van der Waals surface area (Å²) in [5.41, 5.74) is 0. The molecule has 7 nitrogen and oxygen atoms in total. The normalized spacial score (nSPS) is 18.7. The Morgan fingerprint density at radius 3 is 3.00 bits per heavy atom. The van der Waals surface area contributed by atoms with E-state index in [1.54, 1.807) is 9.58 Å². The molecule has 3 rings (SSSR count). The van der Waals surface area contributed by atoms with E-state index in [1.807, 2.05) is 19.3 Å². The van der Waals surface area contributed by atoms with E-state index in [2.05, 4.69) is 33.6 Å². The minimum atomic E-state index is -0.259. The van der Waals surface area contributed by atoms with Crippen LogP contribution in [0.2, 0.25) is 0 Å². The second-order valence-corrected chi connectivity index (χ2v) is 7.04. The summed E-state index contributed by atoms with van der Waals surface area (Å²) in [5, 5.41) is 8.31. The van der Waals surface area contributed by atoms with Crippen LogP contribution in [-0.4, -0.2) is 37.6 Å². The second kappa shape index (κ2) is 6.66. The molecule has 0 aromatic carbocycles. The van der Waals surface area contributed by atoms with Gasteiger partial charge in [0.05, 0.1) is 0 Å². The van der Waals surface area contributed by atoms with Crippen molar-refractivity contribution < 1.29 is 4.79 Å². The maximum atomic E-state index is 12.7. The zero-order valence-electron chi connectivity index (χ0n) is 13.7. The Morgan fingerprint density at radius 1 is 1.48 bits per heavy atom. The minimum absolute atomic E-state index is 0.0514. The van der Waals surface area contributed by atoms with Crippen molar-refractivity contribution in [1.82, 2.24) is 19.1 Å². The van der Waals surface area contributed by atoms with Gasteiger partial charge in [-0.25, -0.2) is 4.98 Å². The SMILES string of the molecule is CC(C)Cc1nsc(NC2CCCN(c3ccn(C)n3)C2=O)n1. The average molecular weight is 334 g/mol. The van der Waals surface area contributed by atoms with Gasteiger partial charge in [-0.2, -0.15) is 9.47 Å². The maximum Gasteiger partial charge on any atom is 0.250 e. The molecule has 1 aliphatic rings. The summed E-state index contributed by atoms with van der Waals surface area (Å²) in [7, 11) is 1.85. The first-order valence-corrected chi connectivity index (χ1v) is 8.70. The lowest BCUT2D eigenvalue weighted by Crippen LogP contribution is -2.48. The monoisotopic (exact) mass is 334 g/mol. The molecule has 1 saturated heterocycles. The summed E-state index contributed by atoms with van der Waals surface area (Å²) in [6, 6.07) is 1.61. The molecule has 2 aromatic rings. The van der Waals surface area contributed by atoms with Gasteiger partial charge in [0.15, 0.2) is 5.82 Å². The third-order valence-electron chi connectivity index (χ3n) is 3.77. The molecule has 0 aliphatic carbocycles. The number of anilines is 2. The number of carbonyl (C=O) groups excluding carboxylic acids is 1. The van der Waals surface area contributed by atoms with Crippen LogP contribution in [0.1, 0.15) is 32.5 Å². The summed E-state index contributed by atoms with van der Waals surface area (Å²) in [4.78, 5) is 18.9. The molecule has 124 valence electrons. The average Bonchev–Trinajstić information content (AvgIpc) is 3.10. The van der Waals surface area contributed by atoms with E-state index in [0.717, 1.165) is 30.2 Å². The van der Waals surface area contributed by atoms with E-state index in [-0.39, 0.29) is 11.9 Å². The van der Waals surface area contributed by atoms with Crippen molar-refractivity contribution in [3.8, 4) is 0 Å². The molecular weight excluding hydrogens is 312 g/mol. The lowest BCUT2D eigenvalue weighted by atomic mass is 10.1. The third-order valence-corrected chi connectivity index (χ3v) is 4.46. The molecule has 1 unspecified atom stereocenters. The fraction of sp³-hybridized carbons (Fsp3) is 0.600. The van der Waals surface area contributed by atoms with Gasteiger partial charge in [-0.05, 0) is 18.8 Å². The van der Waals surface area contributed by atoms with E-state index in [4.69, 9.17) is 0 Å². The van der Waals surface area contributed by atoms with Gasteiger partial charge in [0, 0.05) is 43.8 Å². The quantitative estimate of drug-likeness (QED) is 0.906. The van der Waals surface area contributed by atoms with Crippen LogP contribution < -0.4 is 10.2 Å². The van der Waals surface area contributed by atoms with Gasteiger partial charge in [0.1, 0.15) is 11.9 Å². The molecule has 1 fully saturated rings. The first-order valence-electron chi connectivity index (χ1n) is 7.93. The van der Waals surface area contributed by atoms with E-state index in [9.17, 15) is 4.79 Å². The molecule has 1 atom stereocenters. The van der Waals surface area contributed by atoms with Gasteiger partial charge in [-0.3, -0.25) is 14.4 Å². The molecule has 8 heteroatoms. The van der Waals surface area contributed by atoms with Crippen LogP contribution in [0.25, 0.3) is 0 Å². The van der Waals surface area contributed by atoms with Crippen molar-refractivity contribution in [3.63, 3.8) is 0 Å². The molecule has 0 radical (unpaired) electrons. The number of carbonyl (C=O) groups is 1. The van der Waals surface area contributed by atoms with Crippen molar-refractivity contribution >= 4 is 28.4 Å². The summed E-state index contributed by atoms with van der Waals surface area (Å²) >= 11 is 1.33. The van der Waals surface area contributed by atoms with Crippen LogP contribution >= 0.6 is 11.5 Å². The van der Waals surface area contributed by atoms with Crippen molar-refractivity contribution in [3.05, 3.63) is 18.1 Å². The Kier molecular flexibility index (Phi) is 4.61. The van der Waals surface area contributed by atoms with Crippen LogP contribution in [0.4, 0.5) is 10.9 Å². The van der Waals surface area contributed by atoms with Gasteiger partial charge in [0.2, 0.25) is 5.13 Å². The van der Waals surface area contributed by atoms with Gasteiger partial charge < -0.3 is 5.32 Å². The molecule has 23 heavy (non-hydrogen) atoms. The fourth-order valence-corrected chi connectivity index (χ4v) is 3.34. The molecule has 0 bridgehead atoms. The molecule has 2 aromatic heterocycles. The molecular formula is C15H22N6OS. The Hall–Kier alpha value is -1.96. The molecule has 3 heterocycles. The Morgan fingerprint density at radius 2 is 2.30 bits per heavy atom. The predicted molar refractivity (Wildman–Crippen MR) is 90.7 cm³/mol. The maximum absolute atomic E-state index is 12.7. The fourth-order valence-electron chi connectivity index (χ4n) is 2.69. The van der Waals surface area contributed by atoms with Gasteiger partial charge >= 0.3 is 0 Å². The van der Waals surface area contributed by atoms with Crippen molar-refractivity contribution in [2.24, 2.45) is 13.0 Å². The van der Waals surface area contributed by atoms with Crippen LogP contribution in [-0.2, 0) is 18.3 Å². The Bertz CT molecular complexity index is 679. The number of nitrogens with zero attached hydrogens (tertiary/aromatic N) is 5. The Labute approximate surface area is 139 Å². The number of hydrogen-bond acceptors (Lipinski definition) is 6. The molecule has 0 saturated carbocycles. The lowest BCUT2D eigenvalue weighted by molar-refractivity contribution is -0.120. The standard InChI is InChI=1S/C15H22N6OS/c1-10(2)9-12-17-15(23-19-12)16-11-5-4-7-21(14(11)22)13-6-8-20(3)18-13/h6,8,10-11H,4-5,7,9H2,1-3H3,(H,16,17,19). The van der Waals surface area contributed by atoms with Crippen LogP contribution in [0.15, 0.2) is 12.3 Å². The number of aromatic nitrogens is 4. The van der Waals surface area contributed by atoms with Crippen molar-refractivity contribution in [1.29, 1.82) is 0 Å². The topological polar surface area (TPSA) is 75.9 Å². The number of rotatable bonds is 5. The van der Waals surface area contributed by atoms with Crippen LogP contribution in [0, 0.1) is 5.92 Å². The number of hydrogen-bond donors (Lipinski definition) is 1. The van der Waals surface area contributed by atoms with Crippen molar-refractivity contribution in [2.75, 3.05) is 16.8 Å². The third kappa shape index (κ3) is 3.69. The highest BCUT2D eigenvalue weighted by atomic mass is 32.1. The van der Waals surface area contributed by atoms with Crippen LogP contribution in [0.3, 0.4) is 0 Å². The smallest absolute Gasteiger partial charge is 0.250 e. The number of amides is 1. The summed E-state index contributed by atoms with van der Waals surface area (Å²) in [6.07, 6.45) is 4.46. The zero-order valence-corrected chi connectivity index (χ0v) is 14.5. The minimum Gasteiger partial charge on any atom is -0.348 e. The predicted octanol–water partition coefficient (Wildman–Crippen LogP) is 2.08. The van der Waals surface area contributed by atoms with Gasteiger partial charge in [-0.1, -0.05) is 13.8 Å². The van der Waals surface area contributed by atoms with E-state index in [1.165, 1.54) is 11.5 Å². The van der Waals surface area contributed by atoms with Gasteiger partial charge in [0.25, 0.3) is 5.91 Å². The van der Waals surface area contributed by atoms with Gasteiger partial charge in [-0.15, -0.1) is 0 Å². The molecule has 1 aliphatic heterocycles. The zero-order chi connectivity index (χ0) is 16.4. The lowest BCUT2D eigenvalue weighted by Gasteiger charge is -2.30. The van der Waals surface area contributed by atoms with E-state index >= 15 is 0 Å². The van der Waals surface area contributed by atoms with E-state index in [0.29, 0.717) is 18.3 Å². The molecule has 1 amide bonds. The largest absolute Gasteiger partial charge is 0.348 e. The summed E-state index contributed by atoms with van der Waals surface area (Å²) in [6.45, 7) is 5.00. The summed E-state index contributed by atoms with van der Waals surface area (Å²) < 4.78 is 6.07.